The van der Waals surface area contributed by atoms with E-state index in [0.29, 0.717) is 0 Å². The molecule has 0 heterocycles. The molecule has 0 nitrogen and oxygen atoms in total. The molecule has 0 bridgehead atoms. The Kier molecular flexibility index (Phi) is 9.93. The van der Waals surface area contributed by atoms with E-state index in [9.17, 15) is 0 Å². The zero-order chi connectivity index (χ0) is 10.1. The molecule has 0 aromatic carbocycles. The average Bonchev–Trinajstić information content (AvgIpc) is 2.09. The third-order valence-electron chi connectivity index (χ3n) is 2.74. The molecule has 0 saturated carbocycles. The van der Waals surface area contributed by atoms with Crippen LogP contribution in [0.4, 0.5) is 0 Å². The van der Waals surface area contributed by atoms with Gasteiger partial charge >= 0.3 is 95.2 Å². The molecule has 0 fully saturated rings. The molecular weight excluding hydrogens is 263 g/mol. The quantitative estimate of drug-likeness (QED) is 0.589. The molecule has 0 saturated heterocycles. The van der Waals surface area contributed by atoms with Gasteiger partial charge in [0.2, 0.25) is 0 Å². The Bertz CT molecular complexity index is 91.3. The van der Waals surface area contributed by atoms with E-state index in [1.54, 1.807) is 12.8 Å². The van der Waals surface area contributed by atoms with Crippen LogP contribution in [0.5, 0.6) is 0 Å². The van der Waals surface area contributed by atoms with Crippen molar-refractivity contribution in [3.8, 4) is 0 Å². The van der Waals surface area contributed by atoms with Crippen molar-refractivity contribution < 1.29 is 0 Å². The van der Waals surface area contributed by atoms with Crippen molar-refractivity contribution in [2.75, 3.05) is 0 Å². The van der Waals surface area contributed by atoms with Gasteiger partial charge in [-0.3, -0.25) is 0 Å². The molecule has 0 radical (unpaired) electrons. The van der Waals surface area contributed by atoms with E-state index in [-0.39, 0.29) is 0 Å². The Morgan fingerprint density at radius 1 is 0.923 bits per heavy atom. The standard InChI is InChI=1S/C9H19.C3H7.Sn.2H/c1-3-5-7-9-8-6-4-2;1-3-2;;;/h9H,3-8H2,1-2H3;3H,1-2H3;;;. The number of unbranched alkanes of at least 4 members (excludes halogenated alkanes) is 2. The van der Waals surface area contributed by atoms with E-state index in [1.165, 1.54) is 29.6 Å². The van der Waals surface area contributed by atoms with E-state index in [0.717, 1.165) is 3.93 Å². The Balaban J connectivity index is 3.60. The summed E-state index contributed by atoms with van der Waals surface area (Å²) in [5, 5.41) is 0. The molecule has 0 aromatic rings. The van der Waals surface area contributed by atoms with Crippen molar-refractivity contribution in [3.05, 3.63) is 0 Å². The van der Waals surface area contributed by atoms with Crippen molar-refractivity contribution in [1.29, 1.82) is 0 Å². The predicted octanol–water partition coefficient (Wildman–Crippen LogP) is 4.15. The summed E-state index contributed by atoms with van der Waals surface area (Å²) in [6, 6.07) is 0. The monoisotopic (exact) mass is 292 g/mol. The molecule has 1 heteroatoms. The first-order valence-electron chi connectivity index (χ1n) is 6.20. The molecule has 0 aliphatic carbocycles. The van der Waals surface area contributed by atoms with Crippen LogP contribution in [0.1, 0.15) is 66.2 Å². The Morgan fingerprint density at radius 3 is 1.69 bits per heavy atom. The van der Waals surface area contributed by atoms with Crippen LogP contribution in [0.25, 0.3) is 0 Å². The normalized spacial score (nSPS) is 12.5. The Hall–Kier alpha value is 0.799. The van der Waals surface area contributed by atoms with E-state index in [4.69, 9.17) is 0 Å². The van der Waals surface area contributed by atoms with Crippen LogP contribution in [-0.2, 0) is 0 Å². The molecule has 0 rings (SSSR count). The molecule has 0 aliphatic rings. The molecule has 0 atom stereocenters. The topological polar surface area (TPSA) is 0 Å². The van der Waals surface area contributed by atoms with Crippen LogP contribution in [0.3, 0.4) is 0 Å². The SMILES string of the molecule is CCCC[CH](CCCC)[SnH2][CH](C)C. The average molecular weight is 291 g/mol. The van der Waals surface area contributed by atoms with E-state index >= 15 is 0 Å². The van der Waals surface area contributed by atoms with Crippen molar-refractivity contribution >= 4 is 21.1 Å². The number of hydrogen-bond donors (Lipinski definition) is 0. The first-order valence-corrected chi connectivity index (χ1v) is 10.9. The van der Waals surface area contributed by atoms with Crippen LogP contribution in [0.15, 0.2) is 0 Å². The van der Waals surface area contributed by atoms with Gasteiger partial charge in [0.25, 0.3) is 0 Å². The summed E-state index contributed by atoms with van der Waals surface area (Å²) in [5.41, 5.74) is 0. The fourth-order valence-electron chi connectivity index (χ4n) is 2.03. The van der Waals surface area contributed by atoms with Gasteiger partial charge in [0, 0.05) is 0 Å². The summed E-state index contributed by atoms with van der Waals surface area (Å²) in [5.74, 6) is 0. The number of rotatable bonds is 8. The van der Waals surface area contributed by atoms with Gasteiger partial charge in [-0.05, 0) is 0 Å². The minimum atomic E-state index is -0.408. The number of hydrogen-bond acceptors (Lipinski definition) is 0. The summed E-state index contributed by atoms with van der Waals surface area (Å²) in [6.45, 7) is 9.53. The van der Waals surface area contributed by atoms with Crippen molar-refractivity contribution in [3.63, 3.8) is 0 Å². The fraction of sp³-hybridized carbons (Fsp3) is 1.00. The second-order valence-corrected chi connectivity index (χ2v) is 14.1. The van der Waals surface area contributed by atoms with Gasteiger partial charge in [0.15, 0.2) is 0 Å². The summed E-state index contributed by atoms with van der Waals surface area (Å²) in [6.07, 6.45) is 8.88. The maximum atomic E-state index is 2.45. The van der Waals surface area contributed by atoms with Crippen LogP contribution in [0.2, 0.25) is 7.87 Å². The maximum absolute atomic E-state index is 2.45. The van der Waals surface area contributed by atoms with Crippen LogP contribution in [-0.4, -0.2) is 21.1 Å². The summed E-state index contributed by atoms with van der Waals surface area (Å²) < 4.78 is 2.32. The van der Waals surface area contributed by atoms with Crippen LogP contribution < -0.4 is 0 Å². The van der Waals surface area contributed by atoms with Gasteiger partial charge in [0.1, 0.15) is 0 Å². The first-order chi connectivity index (χ1) is 6.20. The van der Waals surface area contributed by atoms with Crippen molar-refractivity contribution in [1.82, 2.24) is 0 Å². The van der Waals surface area contributed by atoms with Gasteiger partial charge in [-0.25, -0.2) is 0 Å². The zero-order valence-electron chi connectivity index (χ0n) is 10.1. The van der Waals surface area contributed by atoms with E-state index < -0.39 is 21.1 Å². The second kappa shape index (κ2) is 9.36. The van der Waals surface area contributed by atoms with E-state index in [2.05, 4.69) is 27.7 Å². The Morgan fingerprint density at radius 2 is 1.38 bits per heavy atom. The van der Waals surface area contributed by atoms with Gasteiger partial charge in [-0.15, -0.1) is 0 Å². The Labute approximate surface area is 95.1 Å². The van der Waals surface area contributed by atoms with Crippen LogP contribution >= 0.6 is 0 Å². The first kappa shape index (κ1) is 13.8. The molecule has 0 aromatic heterocycles. The van der Waals surface area contributed by atoms with Gasteiger partial charge in [-0.2, -0.15) is 0 Å². The zero-order valence-corrected chi connectivity index (χ0v) is 14.1. The molecule has 0 spiro atoms. The third kappa shape index (κ3) is 9.11. The molecule has 0 N–H and O–H groups in total. The van der Waals surface area contributed by atoms with Crippen LogP contribution in [0, 0.1) is 0 Å². The second-order valence-electron chi connectivity index (χ2n) is 4.78. The van der Waals surface area contributed by atoms with Gasteiger partial charge < -0.3 is 0 Å². The summed E-state index contributed by atoms with van der Waals surface area (Å²) in [7, 11) is 0. The van der Waals surface area contributed by atoms with Crippen molar-refractivity contribution in [2.24, 2.45) is 0 Å². The summed E-state index contributed by atoms with van der Waals surface area (Å²) in [4.78, 5) is 0. The molecular formula is C12H28Sn. The van der Waals surface area contributed by atoms with Crippen molar-refractivity contribution in [2.45, 2.75) is 74.1 Å². The molecule has 0 unspecified atom stereocenters. The molecule has 0 aliphatic heterocycles. The minimum absolute atomic E-state index is 0.408. The molecule has 13 heavy (non-hydrogen) atoms. The molecule has 80 valence electrons. The van der Waals surface area contributed by atoms with E-state index in [1.807, 2.05) is 0 Å². The fourth-order valence-corrected chi connectivity index (χ4v) is 8.83. The molecule has 0 amide bonds. The summed E-state index contributed by atoms with van der Waals surface area (Å²) >= 11 is -0.408. The van der Waals surface area contributed by atoms with Gasteiger partial charge in [-0.1, -0.05) is 0 Å². The van der Waals surface area contributed by atoms with Gasteiger partial charge in [0.05, 0.1) is 0 Å². The third-order valence-corrected chi connectivity index (χ3v) is 9.66. The predicted molar refractivity (Wildman–Crippen MR) is 66.4 cm³/mol.